The van der Waals surface area contributed by atoms with Gasteiger partial charge >= 0.3 is 0 Å². The molecular weight excluding hydrogens is 595 g/mol. The number of hydrogen-bond donors (Lipinski definition) is 0. The number of rotatable bonds is 6. The molecule has 9 aromatic rings. The second kappa shape index (κ2) is 12.0. The molecule has 0 N–H and O–H groups in total. The highest BCUT2D eigenvalue weighted by Crippen LogP contribution is 2.45. The summed E-state index contributed by atoms with van der Waals surface area (Å²) >= 11 is 0. The van der Waals surface area contributed by atoms with Gasteiger partial charge in [0.05, 0.1) is 16.7 Å². The molecule has 0 atom stereocenters. The zero-order valence-electron chi connectivity index (χ0n) is 27.2. The quantitative estimate of drug-likeness (QED) is 0.172. The van der Waals surface area contributed by atoms with Crippen LogP contribution in [-0.2, 0) is 6.42 Å². The number of para-hydroxylation sites is 2. The SMILES string of the molecule is CCc1nc2ccccc2n1-c1cccc(-c2c3ccccc3c(-c3ccc(-c4ccccc4)cc3)c3cc(-c4ccccc4)ccc23)n1. The molecule has 3 nitrogen and oxygen atoms in total. The van der Waals surface area contributed by atoms with E-state index >= 15 is 0 Å². The van der Waals surface area contributed by atoms with E-state index < -0.39 is 0 Å². The standard InChI is InChI=1S/C46H33N3/c1-2-43-47-40-20-11-12-22-42(40)49(43)44-23-13-21-41(48-44)46-37-19-10-9-18-36(37)45(34-26-24-33(25-27-34)31-14-5-3-6-15-31)39-30-35(28-29-38(39)46)32-16-7-4-8-17-32/h3-30H,2H2,1H3. The Labute approximate surface area is 285 Å². The van der Waals surface area contributed by atoms with Crippen molar-refractivity contribution in [3.8, 4) is 50.5 Å². The van der Waals surface area contributed by atoms with E-state index in [4.69, 9.17) is 9.97 Å². The van der Waals surface area contributed by atoms with Gasteiger partial charge in [0.2, 0.25) is 0 Å². The van der Waals surface area contributed by atoms with Crippen LogP contribution in [0.4, 0.5) is 0 Å². The van der Waals surface area contributed by atoms with Crippen LogP contribution in [0.3, 0.4) is 0 Å². The number of aromatic nitrogens is 3. The predicted octanol–water partition coefficient (Wildman–Crippen LogP) is 12.0. The molecule has 0 amide bonds. The summed E-state index contributed by atoms with van der Waals surface area (Å²) in [5, 5.41) is 4.77. The molecule has 0 aliphatic rings. The summed E-state index contributed by atoms with van der Waals surface area (Å²) < 4.78 is 2.21. The summed E-state index contributed by atoms with van der Waals surface area (Å²) in [4.78, 5) is 10.3. The van der Waals surface area contributed by atoms with Crippen LogP contribution in [0.15, 0.2) is 170 Å². The minimum Gasteiger partial charge on any atom is -0.280 e. The lowest BCUT2D eigenvalue weighted by molar-refractivity contribution is 0.886. The molecule has 0 bridgehead atoms. The molecule has 3 heteroatoms. The number of pyridine rings is 1. The molecule has 232 valence electrons. The fourth-order valence-corrected chi connectivity index (χ4v) is 7.29. The molecule has 0 radical (unpaired) electrons. The number of fused-ring (bicyclic) bond motifs is 3. The summed E-state index contributed by atoms with van der Waals surface area (Å²) in [6, 6.07) is 60.6. The van der Waals surface area contributed by atoms with E-state index in [1.807, 2.05) is 6.07 Å². The highest BCUT2D eigenvalue weighted by Gasteiger charge is 2.20. The van der Waals surface area contributed by atoms with Crippen molar-refractivity contribution in [2.45, 2.75) is 13.3 Å². The van der Waals surface area contributed by atoms with Crippen molar-refractivity contribution in [1.29, 1.82) is 0 Å². The van der Waals surface area contributed by atoms with Crippen molar-refractivity contribution in [2.24, 2.45) is 0 Å². The molecule has 0 aliphatic heterocycles. The lowest BCUT2D eigenvalue weighted by atomic mass is 9.85. The highest BCUT2D eigenvalue weighted by atomic mass is 15.1. The van der Waals surface area contributed by atoms with Crippen molar-refractivity contribution in [3.05, 3.63) is 176 Å². The number of imidazole rings is 1. The molecule has 0 saturated heterocycles. The Kier molecular flexibility index (Phi) is 7.09. The van der Waals surface area contributed by atoms with Gasteiger partial charge in [0.25, 0.3) is 0 Å². The van der Waals surface area contributed by atoms with Crippen LogP contribution in [0.2, 0.25) is 0 Å². The monoisotopic (exact) mass is 627 g/mol. The van der Waals surface area contributed by atoms with Gasteiger partial charge in [-0.3, -0.25) is 4.57 Å². The zero-order chi connectivity index (χ0) is 32.7. The van der Waals surface area contributed by atoms with E-state index in [2.05, 4.69) is 175 Å². The van der Waals surface area contributed by atoms with Gasteiger partial charge in [-0.1, -0.05) is 146 Å². The highest BCUT2D eigenvalue weighted by molar-refractivity contribution is 6.21. The first-order chi connectivity index (χ1) is 24.3. The van der Waals surface area contributed by atoms with Gasteiger partial charge in [-0.05, 0) is 85.3 Å². The number of hydrogen-bond acceptors (Lipinski definition) is 2. The van der Waals surface area contributed by atoms with Gasteiger partial charge in [-0.25, -0.2) is 9.97 Å². The Balaban J connectivity index is 1.31. The first-order valence-electron chi connectivity index (χ1n) is 16.9. The van der Waals surface area contributed by atoms with Gasteiger partial charge < -0.3 is 0 Å². The fraction of sp³-hybridized carbons (Fsp3) is 0.0435. The maximum atomic E-state index is 5.40. The molecule has 7 aromatic carbocycles. The van der Waals surface area contributed by atoms with E-state index in [0.29, 0.717) is 0 Å². The van der Waals surface area contributed by atoms with E-state index in [9.17, 15) is 0 Å². The molecule has 0 spiro atoms. The van der Waals surface area contributed by atoms with Crippen LogP contribution in [0.1, 0.15) is 12.7 Å². The van der Waals surface area contributed by atoms with Gasteiger partial charge in [-0.2, -0.15) is 0 Å². The third-order valence-electron chi connectivity index (χ3n) is 9.58. The van der Waals surface area contributed by atoms with Crippen molar-refractivity contribution < 1.29 is 0 Å². The molecule has 2 heterocycles. The largest absolute Gasteiger partial charge is 0.280 e. The topological polar surface area (TPSA) is 30.7 Å². The number of aryl methyl sites for hydroxylation is 1. The summed E-state index contributed by atoms with van der Waals surface area (Å²) in [6.45, 7) is 2.15. The summed E-state index contributed by atoms with van der Waals surface area (Å²) in [5.41, 5.74) is 11.4. The van der Waals surface area contributed by atoms with Crippen LogP contribution in [0.25, 0.3) is 83.0 Å². The second-order valence-electron chi connectivity index (χ2n) is 12.5. The van der Waals surface area contributed by atoms with Gasteiger partial charge in [0.15, 0.2) is 0 Å². The average molecular weight is 628 g/mol. The summed E-state index contributed by atoms with van der Waals surface area (Å²) in [7, 11) is 0. The van der Waals surface area contributed by atoms with E-state index in [1.165, 1.54) is 54.9 Å². The predicted molar refractivity (Wildman–Crippen MR) is 205 cm³/mol. The van der Waals surface area contributed by atoms with Crippen molar-refractivity contribution >= 4 is 32.6 Å². The maximum Gasteiger partial charge on any atom is 0.139 e. The van der Waals surface area contributed by atoms with Gasteiger partial charge in [-0.15, -0.1) is 0 Å². The lowest BCUT2D eigenvalue weighted by Gasteiger charge is -2.19. The van der Waals surface area contributed by atoms with Gasteiger partial charge in [0, 0.05) is 12.0 Å². The minimum atomic E-state index is 0.812. The fourth-order valence-electron chi connectivity index (χ4n) is 7.29. The molecule has 0 unspecified atom stereocenters. The summed E-state index contributed by atoms with van der Waals surface area (Å²) in [5.74, 6) is 1.88. The molecular formula is C46H33N3. The lowest BCUT2D eigenvalue weighted by Crippen LogP contribution is -2.03. The maximum absolute atomic E-state index is 5.40. The van der Waals surface area contributed by atoms with Gasteiger partial charge in [0.1, 0.15) is 11.6 Å². The van der Waals surface area contributed by atoms with Crippen LogP contribution >= 0.6 is 0 Å². The Morgan fingerprint density at radius 2 is 1.00 bits per heavy atom. The third kappa shape index (κ3) is 4.99. The van der Waals surface area contributed by atoms with Crippen molar-refractivity contribution in [1.82, 2.24) is 14.5 Å². The Morgan fingerprint density at radius 3 is 1.73 bits per heavy atom. The second-order valence-corrected chi connectivity index (χ2v) is 12.5. The number of benzene rings is 7. The molecule has 2 aromatic heterocycles. The van der Waals surface area contributed by atoms with Crippen molar-refractivity contribution in [3.63, 3.8) is 0 Å². The smallest absolute Gasteiger partial charge is 0.139 e. The Morgan fingerprint density at radius 1 is 0.429 bits per heavy atom. The third-order valence-corrected chi connectivity index (χ3v) is 9.58. The Bertz CT molecular complexity index is 2620. The molecule has 0 fully saturated rings. The van der Waals surface area contributed by atoms with Crippen molar-refractivity contribution in [2.75, 3.05) is 0 Å². The first kappa shape index (κ1) is 28.9. The Hall–Kier alpha value is -6.32. The average Bonchev–Trinajstić information content (AvgIpc) is 3.56. The van der Waals surface area contributed by atoms with E-state index in [-0.39, 0.29) is 0 Å². The van der Waals surface area contributed by atoms with Crippen LogP contribution in [0.5, 0.6) is 0 Å². The van der Waals surface area contributed by atoms with Crippen LogP contribution in [0, 0.1) is 0 Å². The van der Waals surface area contributed by atoms with Crippen LogP contribution < -0.4 is 0 Å². The molecule has 0 saturated carbocycles. The molecule has 0 aliphatic carbocycles. The van der Waals surface area contributed by atoms with E-state index in [0.717, 1.165) is 40.4 Å². The number of nitrogens with zero attached hydrogens (tertiary/aromatic N) is 3. The van der Waals surface area contributed by atoms with E-state index in [1.54, 1.807) is 0 Å². The summed E-state index contributed by atoms with van der Waals surface area (Å²) in [6.07, 6.45) is 0.812. The minimum absolute atomic E-state index is 0.812. The normalized spacial score (nSPS) is 11.4. The molecule has 49 heavy (non-hydrogen) atoms. The zero-order valence-corrected chi connectivity index (χ0v) is 27.2. The van der Waals surface area contributed by atoms with Crippen LogP contribution in [-0.4, -0.2) is 14.5 Å². The first-order valence-corrected chi connectivity index (χ1v) is 16.9. The molecule has 9 rings (SSSR count).